The molecule has 0 bridgehead atoms. The average molecular weight is 243 g/mol. The lowest BCUT2D eigenvalue weighted by Crippen LogP contribution is -2.26. The molecule has 2 rings (SSSR count). The molecule has 0 amide bonds. The van der Waals surface area contributed by atoms with Crippen LogP contribution in [0.5, 0.6) is 5.88 Å². The number of rotatable bonds is 5. The van der Waals surface area contributed by atoms with Gasteiger partial charge in [-0.25, -0.2) is 4.98 Å². The van der Waals surface area contributed by atoms with Crippen molar-refractivity contribution >= 4 is 0 Å². The van der Waals surface area contributed by atoms with Crippen LogP contribution in [0.4, 0.5) is 0 Å². The van der Waals surface area contributed by atoms with E-state index in [-0.39, 0.29) is 6.04 Å². The molecule has 0 radical (unpaired) electrons. The minimum atomic E-state index is 0.0510. The molecule has 0 spiro atoms. The van der Waals surface area contributed by atoms with Crippen LogP contribution in [0.25, 0.3) is 0 Å². The van der Waals surface area contributed by atoms with E-state index in [0.717, 1.165) is 24.1 Å². The maximum Gasteiger partial charge on any atom is 0.212 e. The minimum Gasteiger partial charge on any atom is -0.481 e. The fourth-order valence-electron chi connectivity index (χ4n) is 1.81. The monoisotopic (exact) mass is 243 g/mol. The molecule has 2 aromatic rings. The van der Waals surface area contributed by atoms with Crippen LogP contribution in [0.2, 0.25) is 0 Å². The van der Waals surface area contributed by atoms with Gasteiger partial charge < -0.3 is 10.5 Å². The zero-order valence-corrected chi connectivity index (χ0v) is 10.4. The van der Waals surface area contributed by atoms with Crippen LogP contribution in [-0.4, -0.2) is 23.1 Å². The van der Waals surface area contributed by atoms with Crippen molar-refractivity contribution in [2.24, 2.45) is 5.73 Å². The van der Waals surface area contributed by atoms with E-state index in [1.807, 2.05) is 30.3 Å². The third-order valence-corrected chi connectivity index (χ3v) is 2.70. The van der Waals surface area contributed by atoms with E-state index in [2.05, 4.69) is 9.97 Å². The highest BCUT2D eigenvalue weighted by molar-refractivity contribution is 5.19. The van der Waals surface area contributed by atoms with E-state index in [1.165, 1.54) is 0 Å². The van der Waals surface area contributed by atoms with Crippen molar-refractivity contribution in [3.05, 3.63) is 54.0 Å². The van der Waals surface area contributed by atoms with E-state index in [9.17, 15) is 0 Å². The van der Waals surface area contributed by atoms with Crippen molar-refractivity contribution in [1.29, 1.82) is 0 Å². The van der Waals surface area contributed by atoms with Gasteiger partial charge in [-0.1, -0.05) is 12.1 Å². The van der Waals surface area contributed by atoms with Crippen molar-refractivity contribution in [3.8, 4) is 5.88 Å². The Kier molecular flexibility index (Phi) is 4.25. The number of nitrogens with zero attached hydrogens (tertiary/aromatic N) is 2. The number of aromatic nitrogens is 2. The first-order valence-electron chi connectivity index (χ1n) is 5.92. The van der Waals surface area contributed by atoms with Gasteiger partial charge >= 0.3 is 0 Å². The second kappa shape index (κ2) is 6.12. The van der Waals surface area contributed by atoms with Gasteiger partial charge in [0.15, 0.2) is 0 Å². The highest BCUT2D eigenvalue weighted by Gasteiger charge is 2.06. The number of hydrogen-bond donors (Lipinski definition) is 1. The zero-order chi connectivity index (χ0) is 12.8. The molecule has 2 aromatic heterocycles. The van der Waals surface area contributed by atoms with Gasteiger partial charge in [0.25, 0.3) is 0 Å². The molecule has 0 saturated heterocycles. The summed E-state index contributed by atoms with van der Waals surface area (Å²) in [5.41, 5.74) is 8.24. The predicted molar refractivity (Wildman–Crippen MR) is 70.4 cm³/mol. The summed E-state index contributed by atoms with van der Waals surface area (Å²) < 4.78 is 5.02. The fraction of sp³-hybridized carbons (Fsp3) is 0.286. The maximum absolute atomic E-state index is 6.11. The van der Waals surface area contributed by atoms with Gasteiger partial charge in [-0.2, -0.15) is 0 Å². The van der Waals surface area contributed by atoms with E-state index in [0.29, 0.717) is 5.88 Å². The number of pyridine rings is 2. The topological polar surface area (TPSA) is 61.0 Å². The normalized spacial score (nSPS) is 12.1. The van der Waals surface area contributed by atoms with E-state index < -0.39 is 0 Å². The number of nitrogens with two attached hydrogens (primary N) is 1. The number of ether oxygens (including phenoxy) is 1. The first kappa shape index (κ1) is 12.5. The molecule has 4 nitrogen and oxygen atoms in total. The quantitative estimate of drug-likeness (QED) is 0.866. The van der Waals surface area contributed by atoms with Gasteiger partial charge in [0.2, 0.25) is 5.88 Å². The standard InChI is InChI=1S/C14H17N3O/c1-18-14-6-5-11(10-17-14)8-12(15)9-13-4-2-3-7-16-13/h2-7,10,12H,8-9,15H2,1H3. The highest BCUT2D eigenvalue weighted by Crippen LogP contribution is 2.09. The summed E-state index contributed by atoms with van der Waals surface area (Å²) in [6, 6.07) is 9.76. The van der Waals surface area contributed by atoms with E-state index in [1.54, 1.807) is 19.5 Å². The molecule has 0 saturated carbocycles. The second-order valence-corrected chi connectivity index (χ2v) is 4.20. The van der Waals surface area contributed by atoms with Crippen LogP contribution in [0.1, 0.15) is 11.3 Å². The molecule has 0 aliphatic rings. The highest BCUT2D eigenvalue weighted by atomic mass is 16.5. The SMILES string of the molecule is COc1ccc(CC(N)Cc2ccccn2)cn1. The predicted octanol–water partition coefficient (Wildman–Crippen LogP) is 1.60. The molecular formula is C14H17N3O. The van der Waals surface area contributed by atoms with Gasteiger partial charge in [-0.15, -0.1) is 0 Å². The Hall–Kier alpha value is -1.94. The third-order valence-electron chi connectivity index (χ3n) is 2.70. The summed E-state index contributed by atoms with van der Waals surface area (Å²) in [6.07, 6.45) is 5.15. The molecule has 0 aliphatic heterocycles. The third kappa shape index (κ3) is 3.53. The van der Waals surface area contributed by atoms with Crippen LogP contribution in [0.15, 0.2) is 42.7 Å². The minimum absolute atomic E-state index is 0.0510. The molecule has 0 aromatic carbocycles. The molecule has 2 heterocycles. The number of hydrogen-bond acceptors (Lipinski definition) is 4. The van der Waals surface area contributed by atoms with E-state index >= 15 is 0 Å². The van der Waals surface area contributed by atoms with Crippen LogP contribution in [-0.2, 0) is 12.8 Å². The fourth-order valence-corrected chi connectivity index (χ4v) is 1.81. The maximum atomic E-state index is 6.11. The summed E-state index contributed by atoms with van der Waals surface area (Å²) in [5.74, 6) is 0.622. The second-order valence-electron chi connectivity index (χ2n) is 4.20. The lowest BCUT2D eigenvalue weighted by Gasteiger charge is -2.11. The van der Waals surface area contributed by atoms with Crippen molar-refractivity contribution in [1.82, 2.24) is 9.97 Å². The molecular weight excluding hydrogens is 226 g/mol. The summed E-state index contributed by atoms with van der Waals surface area (Å²) >= 11 is 0. The Morgan fingerprint density at radius 1 is 1.17 bits per heavy atom. The van der Waals surface area contributed by atoms with Crippen molar-refractivity contribution in [3.63, 3.8) is 0 Å². The van der Waals surface area contributed by atoms with Crippen LogP contribution >= 0.6 is 0 Å². The van der Waals surface area contributed by atoms with E-state index in [4.69, 9.17) is 10.5 Å². The van der Waals surface area contributed by atoms with Crippen LogP contribution in [0, 0.1) is 0 Å². The van der Waals surface area contributed by atoms with Crippen molar-refractivity contribution in [2.45, 2.75) is 18.9 Å². The first-order valence-corrected chi connectivity index (χ1v) is 5.92. The van der Waals surface area contributed by atoms with Crippen molar-refractivity contribution in [2.75, 3.05) is 7.11 Å². The Labute approximate surface area is 107 Å². The zero-order valence-electron chi connectivity index (χ0n) is 10.4. The molecule has 94 valence electrons. The summed E-state index contributed by atoms with van der Waals surface area (Å²) in [7, 11) is 1.61. The van der Waals surface area contributed by atoms with Crippen LogP contribution < -0.4 is 10.5 Å². The lowest BCUT2D eigenvalue weighted by molar-refractivity contribution is 0.397. The van der Waals surface area contributed by atoms with Gasteiger partial charge in [-0.3, -0.25) is 4.98 Å². The Morgan fingerprint density at radius 2 is 2.06 bits per heavy atom. The van der Waals surface area contributed by atoms with Crippen LogP contribution in [0.3, 0.4) is 0 Å². The Morgan fingerprint density at radius 3 is 2.67 bits per heavy atom. The Bertz CT molecular complexity index is 470. The molecule has 2 N–H and O–H groups in total. The average Bonchev–Trinajstić information content (AvgIpc) is 2.40. The largest absolute Gasteiger partial charge is 0.481 e. The first-order chi connectivity index (χ1) is 8.78. The summed E-state index contributed by atoms with van der Waals surface area (Å²) in [6.45, 7) is 0. The van der Waals surface area contributed by atoms with Gasteiger partial charge in [-0.05, 0) is 24.1 Å². The molecule has 1 atom stereocenters. The number of methoxy groups -OCH3 is 1. The van der Waals surface area contributed by atoms with Crippen molar-refractivity contribution < 1.29 is 4.74 Å². The van der Waals surface area contributed by atoms with Gasteiger partial charge in [0.05, 0.1) is 7.11 Å². The molecule has 0 fully saturated rings. The lowest BCUT2D eigenvalue weighted by atomic mass is 10.0. The smallest absolute Gasteiger partial charge is 0.212 e. The van der Waals surface area contributed by atoms with Gasteiger partial charge in [0, 0.05) is 36.6 Å². The summed E-state index contributed by atoms with van der Waals surface area (Å²) in [4.78, 5) is 8.44. The van der Waals surface area contributed by atoms with Gasteiger partial charge in [0.1, 0.15) is 0 Å². The molecule has 4 heteroatoms. The molecule has 18 heavy (non-hydrogen) atoms. The summed E-state index contributed by atoms with van der Waals surface area (Å²) in [5, 5.41) is 0. The Balaban J connectivity index is 1.92. The molecule has 1 unspecified atom stereocenters. The molecule has 0 aliphatic carbocycles.